The van der Waals surface area contributed by atoms with E-state index in [0.717, 1.165) is 30.4 Å². The molecule has 1 aromatic rings. The number of ether oxygens (including phenoxy) is 4. The number of rotatable bonds is 9. The Morgan fingerprint density at radius 1 is 1.20 bits per heavy atom. The Balaban J connectivity index is 1.31. The van der Waals surface area contributed by atoms with Gasteiger partial charge < -0.3 is 35.1 Å². The van der Waals surface area contributed by atoms with E-state index in [1.54, 1.807) is 13.2 Å². The summed E-state index contributed by atoms with van der Waals surface area (Å²) in [5, 5.41) is 14.7. The van der Waals surface area contributed by atoms with Crippen LogP contribution >= 0.6 is 0 Å². The first-order valence-electron chi connectivity index (χ1n) is 14.2. The summed E-state index contributed by atoms with van der Waals surface area (Å²) in [5.74, 6) is -0.257. The summed E-state index contributed by atoms with van der Waals surface area (Å²) in [7, 11) is 1.58. The van der Waals surface area contributed by atoms with Crippen molar-refractivity contribution >= 4 is 17.8 Å². The molecule has 218 valence electrons. The molecule has 1 saturated carbocycles. The summed E-state index contributed by atoms with van der Waals surface area (Å²) in [6.07, 6.45) is 3.85. The Labute approximate surface area is 234 Å². The van der Waals surface area contributed by atoms with Gasteiger partial charge in [-0.3, -0.25) is 4.79 Å². The SMILES string of the molecule is COc1ccc2c3c1O[C@@H]1C(OC(=O)[C@H](C)OC(=O)[C@H](C)NC(=O)[C@@H](N)CC(C)C)=CC[C@]4(O)[C@@H](CCC[C@@]314)C2. The van der Waals surface area contributed by atoms with Crippen molar-refractivity contribution in [1.29, 1.82) is 0 Å². The van der Waals surface area contributed by atoms with Gasteiger partial charge in [-0.1, -0.05) is 26.3 Å². The van der Waals surface area contributed by atoms with Gasteiger partial charge in [-0.15, -0.1) is 0 Å². The largest absolute Gasteiger partial charge is 0.493 e. The molecule has 0 aromatic heterocycles. The second-order valence-corrected chi connectivity index (χ2v) is 12.1. The van der Waals surface area contributed by atoms with Crippen LogP contribution in [0.4, 0.5) is 0 Å². The van der Waals surface area contributed by atoms with E-state index >= 15 is 0 Å². The first-order chi connectivity index (χ1) is 18.9. The molecule has 0 saturated heterocycles. The maximum absolute atomic E-state index is 13.1. The number of methoxy groups -OCH3 is 1. The van der Waals surface area contributed by atoms with E-state index in [9.17, 15) is 19.5 Å². The molecule has 2 bridgehead atoms. The number of amides is 1. The number of hydrogen-bond acceptors (Lipinski definition) is 9. The Morgan fingerprint density at radius 3 is 2.65 bits per heavy atom. The van der Waals surface area contributed by atoms with Crippen molar-refractivity contribution in [2.75, 3.05) is 7.11 Å². The smallest absolute Gasteiger partial charge is 0.352 e. The maximum atomic E-state index is 13.1. The van der Waals surface area contributed by atoms with Crippen LogP contribution in [0, 0.1) is 11.8 Å². The highest BCUT2D eigenvalue weighted by Gasteiger charge is 2.71. The Bertz CT molecular complexity index is 1240. The standard InChI is InChI=1S/C30H40N2O8/c1-15(2)13-20(31)26(33)32-16(3)27(34)38-17(4)28(35)39-22-10-12-30(36)19-7-6-11-29(30)23-18(14-19)8-9-21(37-5)24(23)40-25(22)29/h8-10,15-17,19-20,25,36H,6-7,11-14,31H2,1-5H3,(H,32,33)/t16-,17-,19-,20-,25+,29+,30-/m0/s1. The minimum Gasteiger partial charge on any atom is -0.493 e. The molecule has 3 aliphatic carbocycles. The van der Waals surface area contributed by atoms with E-state index in [0.29, 0.717) is 36.5 Å². The van der Waals surface area contributed by atoms with Crippen LogP contribution in [0.5, 0.6) is 11.5 Å². The van der Waals surface area contributed by atoms with Crippen LogP contribution in [0.15, 0.2) is 24.0 Å². The van der Waals surface area contributed by atoms with Crippen molar-refractivity contribution in [2.24, 2.45) is 17.6 Å². The zero-order valence-electron chi connectivity index (χ0n) is 23.8. The van der Waals surface area contributed by atoms with Crippen molar-refractivity contribution in [1.82, 2.24) is 5.32 Å². The van der Waals surface area contributed by atoms with Crippen LogP contribution in [0.3, 0.4) is 0 Å². The predicted octanol–water partition coefficient (Wildman–Crippen LogP) is 2.42. The Morgan fingerprint density at radius 2 is 1.95 bits per heavy atom. The molecule has 0 radical (unpaired) electrons. The van der Waals surface area contributed by atoms with E-state index < -0.39 is 53.2 Å². The van der Waals surface area contributed by atoms with Gasteiger partial charge in [-0.25, -0.2) is 9.59 Å². The fourth-order valence-electron chi connectivity index (χ4n) is 7.20. The molecule has 1 aliphatic heterocycles. The number of esters is 2. The molecule has 40 heavy (non-hydrogen) atoms. The molecule has 1 aromatic carbocycles. The lowest BCUT2D eigenvalue weighted by Crippen LogP contribution is -2.67. The van der Waals surface area contributed by atoms with Gasteiger partial charge in [-0.2, -0.15) is 0 Å². The van der Waals surface area contributed by atoms with Gasteiger partial charge in [-0.05, 0) is 75.5 Å². The van der Waals surface area contributed by atoms with Gasteiger partial charge >= 0.3 is 11.9 Å². The van der Waals surface area contributed by atoms with E-state index in [2.05, 4.69) is 5.32 Å². The third-order valence-electron chi connectivity index (χ3n) is 9.09. The number of aliphatic hydroxyl groups is 1. The van der Waals surface area contributed by atoms with Crippen molar-refractivity contribution in [2.45, 2.75) is 102 Å². The summed E-state index contributed by atoms with van der Waals surface area (Å²) in [4.78, 5) is 38.1. The topological polar surface area (TPSA) is 146 Å². The zero-order chi connectivity index (χ0) is 29.0. The number of carbonyl (C=O) groups is 3. The van der Waals surface area contributed by atoms with Crippen LogP contribution in [-0.2, 0) is 35.7 Å². The maximum Gasteiger partial charge on any atom is 0.352 e. The summed E-state index contributed by atoms with van der Waals surface area (Å²) in [6, 6.07) is 2.19. The molecule has 1 amide bonds. The molecule has 7 atom stereocenters. The highest BCUT2D eigenvalue weighted by Crippen LogP contribution is 2.67. The normalized spacial score (nSPS) is 29.8. The average Bonchev–Trinajstić information content (AvgIpc) is 3.24. The van der Waals surface area contributed by atoms with Crippen molar-refractivity contribution in [3.8, 4) is 11.5 Å². The van der Waals surface area contributed by atoms with Crippen LogP contribution in [0.2, 0.25) is 0 Å². The van der Waals surface area contributed by atoms with E-state index in [-0.39, 0.29) is 11.8 Å². The molecule has 5 rings (SSSR count). The van der Waals surface area contributed by atoms with Crippen LogP contribution in [0.1, 0.15) is 70.9 Å². The van der Waals surface area contributed by atoms with Gasteiger partial charge in [0.05, 0.1) is 24.2 Å². The lowest BCUT2D eigenvalue weighted by atomic mass is 9.47. The monoisotopic (exact) mass is 556 g/mol. The molecule has 4 N–H and O–H groups in total. The fourth-order valence-corrected chi connectivity index (χ4v) is 7.20. The number of nitrogens with one attached hydrogen (secondary N) is 1. The molecule has 4 aliphatic rings. The minimum atomic E-state index is -1.24. The summed E-state index contributed by atoms with van der Waals surface area (Å²) in [6.45, 7) is 6.79. The second-order valence-electron chi connectivity index (χ2n) is 12.1. The first kappa shape index (κ1) is 28.4. The fraction of sp³-hybridized carbons (Fsp3) is 0.633. The Hall–Kier alpha value is -3.11. The minimum absolute atomic E-state index is 0.0675. The number of benzene rings is 1. The van der Waals surface area contributed by atoms with Gasteiger partial charge in [0.15, 0.2) is 23.7 Å². The molecule has 10 heteroatoms. The second kappa shape index (κ2) is 10.4. The molecule has 1 fully saturated rings. The highest BCUT2D eigenvalue weighted by atomic mass is 16.6. The van der Waals surface area contributed by atoms with E-state index in [1.165, 1.54) is 13.8 Å². The van der Waals surface area contributed by atoms with Gasteiger partial charge in [0.25, 0.3) is 0 Å². The molecule has 1 heterocycles. The van der Waals surface area contributed by atoms with Crippen molar-refractivity contribution in [3.63, 3.8) is 0 Å². The number of hydrogen-bond donors (Lipinski definition) is 3. The highest BCUT2D eigenvalue weighted by molar-refractivity contribution is 5.88. The number of nitrogens with two attached hydrogens (primary N) is 1. The Kier molecular flexibility index (Phi) is 7.37. The first-order valence-corrected chi connectivity index (χ1v) is 14.2. The zero-order valence-corrected chi connectivity index (χ0v) is 23.8. The lowest BCUT2D eigenvalue weighted by Gasteiger charge is -2.59. The third-order valence-corrected chi connectivity index (χ3v) is 9.09. The van der Waals surface area contributed by atoms with Crippen molar-refractivity contribution < 1.29 is 38.4 Å². The van der Waals surface area contributed by atoms with Crippen LogP contribution in [0.25, 0.3) is 0 Å². The van der Waals surface area contributed by atoms with Crippen molar-refractivity contribution in [3.05, 3.63) is 35.1 Å². The van der Waals surface area contributed by atoms with Crippen LogP contribution < -0.4 is 20.5 Å². The van der Waals surface area contributed by atoms with Gasteiger partial charge in [0.2, 0.25) is 5.91 Å². The lowest BCUT2D eigenvalue weighted by molar-refractivity contribution is -0.172. The predicted molar refractivity (Wildman–Crippen MR) is 144 cm³/mol. The molecule has 0 unspecified atom stereocenters. The van der Waals surface area contributed by atoms with Crippen LogP contribution in [-0.4, -0.2) is 60.0 Å². The summed E-state index contributed by atoms with van der Waals surface area (Å²) >= 11 is 0. The number of carbonyl (C=O) groups excluding carboxylic acids is 3. The molecular formula is C30H40N2O8. The third kappa shape index (κ3) is 4.36. The average molecular weight is 557 g/mol. The molecule has 1 spiro atoms. The van der Waals surface area contributed by atoms with Gasteiger partial charge in [0, 0.05) is 5.56 Å². The van der Waals surface area contributed by atoms with E-state index in [1.807, 2.05) is 26.0 Å². The molecular weight excluding hydrogens is 516 g/mol. The quantitative estimate of drug-likeness (QED) is 0.390. The molecule has 10 nitrogen and oxygen atoms in total. The summed E-state index contributed by atoms with van der Waals surface area (Å²) in [5.41, 5.74) is 6.20. The summed E-state index contributed by atoms with van der Waals surface area (Å²) < 4.78 is 23.2. The van der Waals surface area contributed by atoms with Gasteiger partial charge in [0.1, 0.15) is 11.8 Å². The van der Waals surface area contributed by atoms with E-state index in [4.69, 9.17) is 24.7 Å².